The highest BCUT2D eigenvalue weighted by Crippen LogP contribution is 2.21. The maximum Gasteiger partial charge on any atom is 0.310 e. The van der Waals surface area contributed by atoms with Crippen LogP contribution in [0.5, 0.6) is 0 Å². The molecule has 0 saturated carbocycles. The summed E-state index contributed by atoms with van der Waals surface area (Å²) in [7, 11) is 0. The fraction of sp³-hybridized carbons (Fsp3) is 0.308. The van der Waals surface area contributed by atoms with E-state index in [1.54, 1.807) is 20.0 Å². The van der Waals surface area contributed by atoms with Gasteiger partial charge in [0.25, 0.3) is 0 Å². The molecule has 94 valence electrons. The molecule has 0 fully saturated rings. The summed E-state index contributed by atoms with van der Waals surface area (Å²) in [4.78, 5) is 11.0. The fourth-order valence-corrected chi connectivity index (χ4v) is 1.54. The zero-order chi connectivity index (χ0) is 13.2. The number of carboxylic acid groups (broad SMARTS) is 1. The molecule has 0 spiro atoms. The van der Waals surface area contributed by atoms with Gasteiger partial charge in [0.05, 0.1) is 11.6 Å². The van der Waals surface area contributed by atoms with Crippen molar-refractivity contribution in [3.63, 3.8) is 0 Å². The number of carboxylic acids is 1. The van der Waals surface area contributed by atoms with Crippen molar-refractivity contribution in [3.8, 4) is 0 Å². The lowest BCUT2D eigenvalue weighted by Gasteiger charge is -2.20. The molecule has 0 amide bonds. The number of nitrogens with zero attached hydrogens (tertiary/aromatic N) is 2. The van der Waals surface area contributed by atoms with Crippen molar-refractivity contribution in [3.05, 3.63) is 30.5 Å². The third kappa shape index (κ3) is 2.40. The Morgan fingerprint density at radius 3 is 2.83 bits per heavy atom. The second-order valence-electron chi connectivity index (χ2n) is 4.82. The molecule has 0 saturated heterocycles. The van der Waals surface area contributed by atoms with E-state index in [4.69, 9.17) is 5.11 Å². The van der Waals surface area contributed by atoms with Gasteiger partial charge < -0.3 is 10.4 Å². The Morgan fingerprint density at radius 1 is 1.39 bits per heavy atom. The first kappa shape index (κ1) is 12.3. The molecule has 0 aliphatic heterocycles. The van der Waals surface area contributed by atoms with Crippen LogP contribution in [0.1, 0.15) is 13.8 Å². The molecule has 0 unspecified atom stereocenters. The molecular formula is C13H15N3O2. The number of hydrogen-bond donors (Lipinski definition) is 2. The molecule has 1 aromatic heterocycles. The van der Waals surface area contributed by atoms with Crippen molar-refractivity contribution in [1.29, 1.82) is 0 Å². The van der Waals surface area contributed by atoms with Gasteiger partial charge in [0.1, 0.15) is 0 Å². The van der Waals surface area contributed by atoms with E-state index in [0.717, 1.165) is 10.8 Å². The number of aliphatic carboxylic acids is 1. The number of carbonyl (C=O) groups is 1. The van der Waals surface area contributed by atoms with E-state index in [1.165, 1.54) is 0 Å². The lowest BCUT2D eigenvalue weighted by molar-refractivity contribution is -0.146. The Labute approximate surface area is 105 Å². The number of fused-ring (bicyclic) bond motifs is 1. The summed E-state index contributed by atoms with van der Waals surface area (Å²) in [6, 6.07) is 7.71. The van der Waals surface area contributed by atoms with E-state index < -0.39 is 11.4 Å². The smallest absolute Gasteiger partial charge is 0.310 e. The van der Waals surface area contributed by atoms with Gasteiger partial charge in [-0.05, 0) is 13.8 Å². The third-order valence-electron chi connectivity index (χ3n) is 2.85. The fourth-order valence-electron chi connectivity index (χ4n) is 1.54. The zero-order valence-electron chi connectivity index (χ0n) is 10.3. The van der Waals surface area contributed by atoms with Crippen LogP contribution >= 0.6 is 0 Å². The van der Waals surface area contributed by atoms with E-state index in [1.807, 2.05) is 24.3 Å². The van der Waals surface area contributed by atoms with Crippen LogP contribution in [0.15, 0.2) is 30.5 Å². The van der Waals surface area contributed by atoms with E-state index in [0.29, 0.717) is 12.4 Å². The van der Waals surface area contributed by atoms with Crippen LogP contribution in [0, 0.1) is 5.41 Å². The molecular weight excluding hydrogens is 230 g/mol. The minimum Gasteiger partial charge on any atom is -0.481 e. The molecule has 2 rings (SSSR count). The number of hydrogen-bond acceptors (Lipinski definition) is 4. The number of anilines is 1. The SMILES string of the molecule is CC(C)(CNc1nncc2ccccc12)C(=O)O. The predicted octanol–water partition coefficient (Wildman–Crippen LogP) is 2.15. The quantitative estimate of drug-likeness (QED) is 0.863. The van der Waals surface area contributed by atoms with Gasteiger partial charge in [-0.15, -0.1) is 5.10 Å². The van der Waals surface area contributed by atoms with E-state index in [-0.39, 0.29) is 0 Å². The molecule has 0 aliphatic rings. The molecule has 0 radical (unpaired) electrons. The van der Waals surface area contributed by atoms with Crippen molar-refractivity contribution < 1.29 is 9.90 Å². The van der Waals surface area contributed by atoms with Crippen molar-refractivity contribution in [2.24, 2.45) is 5.41 Å². The van der Waals surface area contributed by atoms with E-state index in [9.17, 15) is 4.79 Å². The molecule has 18 heavy (non-hydrogen) atoms. The molecule has 2 N–H and O–H groups in total. The predicted molar refractivity (Wildman–Crippen MR) is 69.4 cm³/mol. The van der Waals surface area contributed by atoms with Crippen LogP contribution in [-0.2, 0) is 4.79 Å². The van der Waals surface area contributed by atoms with Gasteiger partial charge >= 0.3 is 5.97 Å². The first-order valence-corrected chi connectivity index (χ1v) is 5.68. The highest BCUT2D eigenvalue weighted by molar-refractivity contribution is 5.91. The molecule has 0 atom stereocenters. The third-order valence-corrected chi connectivity index (χ3v) is 2.85. The second kappa shape index (κ2) is 4.60. The summed E-state index contributed by atoms with van der Waals surface area (Å²) in [6.45, 7) is 3.63. The molecule has 2 aromatic rings. The minimum atomic E-state index is -0.849. The van der Waals surface area contributed by atoms with E-state index in [2.05, 4.69) is 15.5 Å². The summed E-state index contributed by atoms with van der Waals surface area (Å²) in [5, 5.41) is 21.9. The maximum atomic E-state index is 11.0. The van der Waals surface area contributed by atoms with Crippen LogP contribution in [0.4, 0.5) is 5.82 Å². The average molecular weight is 245 g/mol. The van der Waals surface area contributed by atoms with Crippen LogP contribution < -0.4 is 5.32 Å². The van der Waals surface area contributed by atoms with Gasteiger partial charge in [0.15, 0.2) is 5.82 Å². The number of nitrogens with one attached hydrogen (secondary N) is 1. The Hall–Kier alpha value is -2.17. The van der Waals surface area contributed by atoms with E-state index >= 15 is 0 Å². The molecule has 0 aliphatic carbocycles. The standard InChI is InChI=1S/C13H15N3O2/c1-13(2,12(17)18)8-14-11-10-6-4-3-5-9(10)7-15-16-11/h3-7H,8H2,1-2H3,(H,14,16)(H,17,18). The van der Waals surface area contributed by atoms with Crippen LogP contribution in [-0.4, -0.2) is 27.8 Å². The highest BCUT2D eigenvalue weighted by atomic mass is 16.4. The molecule has 5 nitrogen and oxygen atoms in total. The lowest BCUT2D eigenvalue weighted by Crippen LogP contribution is -2.32. The topological polar surface area (TPSA) is 75.1 Å². The molecule has 1 heterocycles. The van der Waals surface area contributed by atoms with Crippen LogP contribution in [0.3, 0.4) is 0 Å². The Morgan fingerprint density at radius 2 is 2.11 bits per heavy atom. The van der Waals surface area contributed by atoms with Gasteiger partial charge in [-0.25, -0.2) is 0 Å². The van der Waals surface area contributed by atoms with Crippen molar-refractivity contribution in [2.75, 3.05) is 11.9 Å². The monoisotopic (exact) mass is 245 g/mol. The minimum absolute atomic E-state index is 0.297. The van der Waals surface area contributed by atoms with Gasteiger partial charge in [0, 0.05) is 17.3 Å². The largest absolute Gasteiger partial charge is 0.481 e. The van der Waals surface area contributed by atoms with Crippen molar-refractivity contribution in [2.45, 2.75) is 13.8 Å². The average Bonchev–Trinajstić information content (AvgIpc) is 2.36. The molecule has 5 heteroatoms. The Kier molecular flexibility index (Phi) is 3.14. The van der Waals surface area contributed by atoms with Gasteiger partial charge in [0.2, 0.25) is 0 Å². The summed E-state index contributed by atoms with van der Waals surface area (Å²) < 4.78 is 0. The molecule has 1 aromatic carbocycles. The van der Waals surface area contributed by atoms with Crippen LogP contribution in [0.25, 0.3) is 10.8 Å². The van der Waals surface area contributed by atoms with Gasteiger partial charge in [-0.3, -0.25) is 4.79 Å². The van der Waals surface area contributed by atoms with Crippen LogP contribution in [0.2, 0.25) is 0 Å². The van der Waals surface area contributed by atoms with Gasteiger partial charge in [-0.2, -0.15) is 5.10 Å². The van der Waals surface area contributed by atoms with Crippen molar-refractivity contribution in [1.82, 2.24) is 10.2 Å². The first-order chi connectivity index (χ1) is 8.50. The second-order valence-corrected chi connectivity index (χ2v) is 4.82. The van der Waals surface area contributed by atoms with Gasteiger partial charge in [-0.1, -0.05) is 24.3 Å². The van der Waals surface area contributed by atoms with Crippen molar-refractivity contribution >= 4 is 22.6 Å². The summed E-state index contributed by atoms with van der Waals surface area (Å²) >= 11 is 0. The number of aromatic nitrogens is 2. The normalized spacial score (nSPS) is 11.4. The molecule has 0 bridgehead atoms. The number of rotatable bonds is 4. The summed E-state index contributed by atoms with van der Waals surface area (Å²) in [5.41, 5.74) is -0.849. The lowest BCUT2D eigenvalue weighted by atomic mass is 9.94. The summed E-state index contributed by atoms with van der Waals surface area (Å²) in [6.07, 6.45) is 1.68. The zero-order valence-corrected chi connectivity index (χ0v) is 10.3. The first-order valence-electron chi connectivity index (χ1n) is 5.68. The maximum absolute atomic E-state index is 11.0. The summed E-state index contributed by atoms with van der Waals surface area (Å²) in [5.74, 6) is -0.231. The number of benzene rings is 1. The highest BCUT2D eigenvalue weighted by Gasteiger charge is 2.27. The Bertz CT molecular complexity index is 576. The Balaban J connectivity index is 2.25.